The maximum atomic E-state index is 10.7. The van der Waals surface area contributed by atoms with Gasteiger partial charge in [0.05, 0.1) is 5.41 Å². The van der Waals surface area contributed by atoms with E-state index in [2.05, 4.69) is 5.32 Å². The second-order valence-electron chi connectivity index (χ2n) is 2.97. The van der Waals surface area contributed by atoms with Gasteiger partial charge in [-0.1, -0.05) is 6.42 Å². The molecule has 3 heteroatoms. The second-order valence-corrected chi connectivity index (χ2v) is 2.97. The van der Waals surface area contributed by atoms with Crippen LogP contribution in [0.15, 0.2) is 0 Å². The minimum Gasteiger partial charge on any atom is -0.481 e. The lowest BCUT2D eigenvalue weighted by Crippen LogP contribution is -2.45. The fraction of sp³-hybridized carbons (Fsp3) is 0.857. The van der Waals surface area contributed by atoms with Crippen molar-refractivity contribution in [3.8, 4) is 0 Å². The van der Waals surface area contributed by atoms with E-state index in [4.69, 9.17) is 5.11 Å². The molecule has 0 atom stereocenters. The summed E-state index contributed by atoms with van der Waals surface area (Å²) in [4.78, 5) is 10.7. The van der Waals surface area contributed by atoms with Gasteiger partial charge in [-0.2, -0.15) is 0 Å². The average molecular weight is 143 g/mol. The van der Waals surface area contributed by atoms with Gasteiger partial charge in [0.25, 0.3) is 0 Å². The summed E-state index contributed by atoms with van der Waals surface area (Å²) in [6.45, 7) is 0.613. The summed E-state index contributed by atoms with van der Waals surface area (Å²) in [5.41, 5.74) is -0.422. The smallest absolute Gasteiger partial charge is 0.310 e. The standard InChI is InChI=1S/C7H13NO2/c1-8-5-7(6(9)10)3-2-4-7/h8H,2-5H2,1H3,(H,9,10). The molecule has 1 fully saturated rings. The van der Waals surface area contributed by atoms with Crippen LogP contribution in [0.2, 0.25) is 0 Å². The maximum absolute atomic E-state index is 10.7. The van der Waals surface area contributed by atoms with Crippen molar-refractivity contribution in [2.45, 2.75) is 19.3 Å². The van der Waals surface area contributed by atoms with Gasteiger partial charge in [0.2, 0.25) is 0 Å². The van der Waals surface area contributed by atoms with Crippen LogP contribution in [0.25, 0.3) is 0 Å². The lowest BCUT2D eigenvalue weighted by Gasteiger charge is -2.37. The average Bonchev–Trinajstić information content (AvgIpc) is 1.77. The van der Waals surface area contributed by atoms with Gasteiger partial charge in [0.1, 0.15) is 0 Å². The fourth-order valence-corrected chi connectivity index (χ4v) is 1.41. The molecule has 0 heterocycles. The van der Waals surface area contributed by atoms with Crippen molar-refractivity contribution in [3.63, 3.8) is 0 Å². The first kappa shape index (κ1) is 7.54. The Bertz CT molecular complexity index is 141. The van der Waals surface area contributed by atoms with E-state index in [-0.39, 0.29) is 0 Å². The summed E-state index contributed by atoms with van der Waals surface area (Å²) >= 11 is 0. The molecule has 0 unspecified atom stereocenters. The zero-order valence-corrected chi connectivity index (χ0v) is 6.18. The van der Waals surface area contributed by atoms with Crippen LogP contribution < -0.4 is 5.32 Å². The first-order valence-corrected chi connectivity index (χ1v) is 3.59. The van der Waals surface area contributed by atoms with Gasteiger partial charge in [-0.15, -0.1) is 0 Å². The predicted molar refractivity (Wildman–Crippen MR) is 37.8 cm³/mol. The lowest BCUT2D eigenvalue weighted by molar-refractivity contribution is -0.153. The molecule has 2 N–H and O–H groups in total. The van der Waals surface area contributed by atoms with Crippen LogP contribution in [0.1, 0.15) is 19.3 Å². The number of hydrogen-bond acceptors (Lipinski definition) is 2. The van der Waals surface area contributed by atoms with Gasteiger partial charge < -0.3 is 10.4 Å². The lowest BCUT2D eigenvalue weighted by atomic mass is 9.69. The van der Waals surface area contributed by atoms with Crippen molar-refractivity contribution in [1.29, 1.82) is 0 Å². The van der Waals surface area contributed by atoms with Crippen molar-refractivity contribution >= 4 is 5.97 Å². The number of carboxylic acid groups (broad SMARTS) is 1. The van der Waals surface area contributed by atoms with Crippen molar-refractivity contribution in [2.75, 3.05) is 13.6 Å². The Hall–Kier alpha value is -0.570. The topological polar surface area (TPSA) is 49.3 Å². The minimum atomic E-state index is -0.645. The van der Waals surface area contributed by atoms with Crippen molar-refractivity contribution < 1.29 is 9.90 Å². The van der Waals surface area contributed by atoms with E-state index in [1.807, 2.05) is 0 Å². The van der Waals surface area contributed by atoms with Crippen LogP contribution in [-0.4, -0.2) is 24.7 Å². The Morgan fingerprint density at radius 1 is 1.70 bits per heavy atom. The van der Waals surface area contributed by atoms with Crippen molar-refractivity contribution in [2.24, 2.45) is 5.41 Å². The van der Waals surface area contributed by atoms with Crippen molar-refractivity contribution in [1.82, 2.24) is 5.32 Å². The molecule has 10 heavy (non-hydrogen) atoms. The predicted octanol–water partition coefficient (Wildman–Crippen LogP) is 0.461. The molecule has 0 bridgehead atoms. The number of hydrogen-bond donors (Lipinski definition) is 2. The SMILES string of the molecule is CNCC1(C(=O)O)CCC1. The fourth-order valence-electron chi connectivity index (χ4n) is 1.41. The maximum Gasteiger partial charge on any atom is 0.310 e. The van der Waals surface area contributed by atoms with Gasteiger partial charge in [-0.25, -0.2) is 0 Å². The molecule has 0 amide bonds. The van der Waals surface area contributed by atoms with Crippen LogP contribution in [0.5, 0.6) is 0 Å². The number of carbonyl (C=O) groups is 1. The molecule has 3 nitrogen and oxygen atoms in total. The molecule has 0 aromatic heterocycles. The Labute approximate surface area is 60.4 Å². The Balaban J connectivity index is 2.50. The molecular formula is C7H13NO2. The summed E-state index contributed by atoms with van der Waals surface area (Å²) in [6, 6.07) is 0. The van der Waals surface area contributed by atoms with E-state index in [1.165, 1.54) is 0 Å². The van der Waals surface area contributed by atoms with E-state index >= 15 is 0 Å². The molecule has 1 saturated carbocycles. The number of nitrogens with one attached hydrogen (secondary N) is 1. The normalized spacial score (nSPS) is 21.7. The molecule has 0 aromatic rings. The van der Waals surface area contributed by atoms with Crippen LogP contribution >= 0.6 is 0 Å². The highest BCUT2D eigenvalue weighted by molar-refractivity contribution is 5.76. The molecule has 1 aliphatic carbocycles. The number of rotatable bonds is 3. The number of aliphatic carboxylic acids is 1. The Morgan fingerprint density at radius 2 is 2.30 bits per heavy atom. The van der Waals surface area contributed by atoms with E-state index < -0.39 is 11.4 Å². The monoisotopic (exact) mass is 143 g/mol. The first-order valence-electron chi connectivity index (χ1n) is 3.59. The van der Waals surface area contributed by atoms with Gasteiger partial charge in [-0.05, 0) is 19.9 Å². The minimum absolute atomic E-state index is 0.422. The summed E-state index contributed by atoms with van der Waals surface area (Å²) in [5.74, 6) is -0.645. The van der Waals surface area contributed by atoms with Crippen LogP contribution in [0.4, 0.5) is 0 Å². The summed E-state index contributed by atoms with van der Waals surface area (Å²) < 4.78 is 0. The summed E-state index contributed by atoms with van der Waals surface area (Å²) in [7, 11) is 1.79. The van der Waals surface area contributed by atoms with E-state index in [1.54, 1.807) is 7.05 Å². The van der Waals surface area contributed by atoms with Crippen LogP contribution in [0, 0.1) is 5.41 Å². The summed E-state index contributed by atoms with van der Waals surface area (Å²) in [6.07, 6.45) is 2.74. The molecule has 0 aromatic carbocycles. The molecule has 0 spiro atoms. The van der Waals surface area contributed by atoms with Gasteiger partial charge >= 0.3 is 5.97 Å². The van der Waals surface area contributed by atoms with Gasteiger partial charge in [0.15, 0.2) is 0 Å². The molecular weight excluding hydrogens is 130 g/mol. The summed E-state index contributed by atoms with van der Waals surface area (Å²) in [5, 5.41) is 11.7. The highest BCUT2D eigenvalue weighted by Gasteiger charge is 2.43. The quantitative estimate of drug-likeness (QED) is 0.603. The number of carboxylic acids is 1. The zero-order chi connectivity index (χ0) is 7.61. The third-order valence-corrected chi connectivity index (χ3v) is 2.28. The molecule has 0 saturated heterocycles. The molecule has 58 valence electrons. The third kappa shape index (κ3) is 1.01. The highest BCUT2D eigenvalue weighted by atomic mass is 16.4. The Morgan fingerprint density at radius 3 is 2.40 bits per heavy atom. The van der Waals surface area contributed by atoms with Gasteiger partial charge in [-0.3, -0.25) is 4.79 Å². The largest absolute Gasteiger partial charge is 0.481 e. The molecule has 0 radical (unpaired) electrons. The van der Waals surface area contributed by atoms with Crippen molar-refractivity contribution in [3.05, 3.63) is 0 Å². The first-order chi connectivity index (χ1) is 4.71. The highest BCUT2D eigenvalue weighted by Crippen LogP contribution is 2.40. The van der Waals surface area contributed by atoms with E-state index in [9.17, 15) is 4.79 Å². The molecule has 0 aliphatic heterocycles. The van der Waals surface area contributed by atoms with Crippen LogP contribution in [0.3, 0.4) is 0 Å². The van der Waals surface area contributed by atoms with Crippen LogP contribution in [-0.2, 0) is 4.79 Å². The van der Waals surface area contributed by atoms with E-state index in [0.717, 1.165) is 19.3 Å². The van der Waals surface area contributed by atoms with E-state index in [0.29, 0.717) is 6.54 Å². The zero-order valence-electron chi connectivity index (χ0n) is 6.18. The molecule has 1 rings (SSSR count). The third-order valence-electron chi connectivity index (χ3n) is 2.28. The second kappa shape index (κ2) is 2.58. The Kier molecular flexibility index (Phi) is 1.94. The van der Waals surface area contributed by atoms with Gasteiger partial charge in [0, 0.05) is 6.54 Å². The molecule has 1 aliphatic rings.